The molecule has 0 radical (unpaired) electrons. The second-order valence-corrected chi connectivity index (χ2v) is 8.58. The number of hydrogen-bond acceptors (Lipinski definition) is 4. The molecule has 0 bridgehead atoms. The van der Waals surface area contributed by atoms with Crippen LogP contribution in [0.5, 0.6) is 0 Å². The van der Waals surface area contributed by atoms with Crippen LogP contribution in [-0.4, -0.2) is 23.0 Å². The Kier molecular flexibility index (Phi) is 4.92. The van der Waals surface area contributed by atoms with E-state index in [1.165, 1.54) is 18.6 Å². The van der Waals surface area contributed by atoms with Gasteiger partial charge in [-0.25, -0.2) is 27.5 Å². The Morgan fingerprint density at radius 1 is 1.11 bits per heavy atom. The first-order valence-corrected chi connectivity index (χ1v) is 10.6. The third-order valence-electron chi connectivity index (χ3n) is 5.01. The van der Waals surface area contributed by atoms with E-state index >= 15 is 0 Å². The van der Waals surface area contributed by atoms with Gasteiger partial charge in [0.15, 0.2) is 5.65 Å². The average Bonchev–Trinajstić information content (AvgIpc) is 3.06. The number of imidazole rings is 1. The molecular weight excluding hydrogens is 367 g/mol. The van der Waals surface area contributed by atoms with Gasteiger partial charge in [-0.15, -0.1) is 0 Å². The zero-order valence-electron chi connectivity index (χ0n) is 14.8. The average molecular weight is 388 g/mol. The molecule has 1 aliphatic rings. The Bertz CT molecular complexity index is 1040. The molecular formula is C19H21FN4O2S. The molecule has 0 atom stereocenters. The minimum absolute atomic E-state index is 0.0300. The smallest absolute Gasteiger partial charge is 0.240 e. The Labute approximate surface area is 157 Å². The number of nitrogens with zero attached hydrogens (tertiary/aromatic N) is 3. The number of fused-ring (bicyclic) bond motifs is 1. The molecule has 8 heteroatoms. The first-order chi connectivity index (χ1) is 13.0. The Hall–Kier alpha value is -2.32. The lowest BCUT2D eigenvalue weighted by molar-refractivity contribution is 0.350. The maximum absolute atomic E-state index is 13.1. The van der Waals surface area contributed by atoms with E-state index in [0.29, 0.717) is 5.82 Å². The van der Waals surface area contributed by atoms with Gasteiger partial charge >= 0.3 is 0 Å². The van der Waals surface area contributed by atoms with Crippen molar-refractivity contribution >= 4 is 21.2 Å². The fourth-order valence-corrected chi connectivity index (χ4v) is 4.66. The van der Waals surface area contributed by atoms with E-state index in [0.717, 1.165) is 49.0 Å². The Morgan fingerprint density at radius 2 is 1.85 bits per heavy atom. The van der Waals surface area contributed by atoms with Crippen molar-refractivity contribution in [2.75, 3.05) is 0 Å². The van der Waals surface area contributed by atoms with Crippen molar-refractivity contribution in [2.24, 2.45) is 0 Å². The highest BCUT2D eigenvalue weighted by atomic mass is 32.2. The van der Waals surface area contributed by atoms with Gasteiger partial charge in [0, 0.05) is 12.2 Å². The zero-order valence-corrected chi connectivity index (χ0v) is 15.6. The molecule has 0 spiro atoms. The lowest BCUT2D eigenvalue weighted by Crippen LogP contribution is -2.26. The summed E-state index contributed by atoms with van der Waals surface area (Å²) in [4.78, 5) is 9.11. The topological polar surface area (TPSA) is 76.9 Å². The first-order valence-electron chi connectivity index (χ1n) is 9.12. The third kappa shape index (κ3) is 3.72. The van der Waals surface area contributed by atoms with Crippen LogP contribution in [0.4, 0.5) is 4.39 Å². The van der Waals surface area contributed by atoms with Gasteiger partial charge in [-0.05, 0) is 49.2 Å². The van der Waals surface area contributed by atoms with Crippen LogP contribution < -0.4 is 4.72 Å². The number of pyridine rings is 1. The molecule has 4 rings (SSSR count). The molecule has 1 aliphatic carbocycles. The number of sulfonamides is 1. The molecule has 0 amide bonds. The number of aromatic nitrogens is 3. The van der Waals surface area contributed by atoms with E-state index in [9.17, 15) is 12.8 Å². The highest BCUT2D eigenvalue weighted by Gasteiger charge is 2.23. The van der Waals surface area contributed by atoms with E-state index in [-0.39, 0.29) is 17.5 Å². The van der Waals surface area contributed by atoms with Gasteiger partial charge in [-0.3, -0.25) is 0 Å². The highest BCUT2D eigenvalue weighted by Crippen LogP contribution is 2.31. The molecule has 3 aromatic rings. The summed E-state index contributed by atoms with van der Waals surface area (Å²) in [5, 5.41) is 0. The predicted molar refractivity (Wildman–Crippen MR) is 100 cm³/mol. The molecule has 1 aromatic carbocycles. The van der Waals surface area contributed by atoms with E-state index in [2.05, 4.69) is 19.3 Å². The number of halogens is 1. The Balaban J connectivity index is 1.64. The quantitative estimate of drug-likeness (QED) is 0.725. The second-order valence-electron chi connectivity index (χ2n) is 6.81. The number of hydrogen-bond donors (Lipinski definition) is 1. The molecule has 142 valence electrons. The molecule has 2 aromatic heterocycles. The van der Waals surface area contributed by atoms with Crippen molar-refractivity contribution in [3.8, 4) is 0 Å². The summed E-state index contributed by atoms with van der Waals surface area (Å²) in [6.45, 7) is 0.0621. The molecule has 1 saturated carbocycles. The standard InChI is InChI=1S/C19H21FN4O2S/c20-14-8-10-16(11-9-14)27(25,26)22-13-18-23-17-7-4-12-21-19(17)24(18)15-5-2-1-3-6-15/h4,7-12,15,22H,1-3,5-6,13H2. The summed E-state index contributed by atoms with van der Waals surface area (Å²) >= 11 is 0. The number of benzene rings is 1. The third-order valence-corrected chi connectivity index (χ3v) is 6.42. The fourth-order valence-electron chi connectivity index (χ4n) is 3.68. The molecule has 1 N–H and O–H groups in total. The van der Waals surface area contributed by atoms with Crippen LogP contribution in [0.3, 0.4) is 0 Å². The summed E-state index contributed by atoms with van der Waals surface area (Å²) in [7, 11) is -3.75. The summed E-state index contributed by atoms with van der Waals surface area (Å²) < 4.78 is 42.8. The maximum atomic E-state index is 13.1. The van der Waals surface area contributed by atoms with Crippen molar-refractivity contribution in [2.45, 2.75) is 49.6 Å². The van der Waals surface area contributed by atoms with Gasteiger partial charge < -0.3 is 4.57 Å². The van der Waals surface area contributed by atoms with Crippen LogP contribution in [0.15, 0.2) is 47.5 Å². The van der Waals surface area contributed by atoms with Crippen LogP contribution in [0.1, 0.15) is 44.0 Å². The van der Waals surface area contributed by atoms with Crippen molar-refractivity contribution in [3.63, 3.8) is 0 Å². The highest BCUT2D eigenvalue weighted by molar-refractivity contribution is 7.89. The fraction of sp³-hybridized carbons (Fsp3) is 0.368. The molecule has 1 fully saturated rings. The number of rotatable bonds is 5. The van der Waals surface area contributed by atoms with Gasteiger partial charge in [0.05, 0.1) is 11.4 Å². The SMILES string of the molecule is O=S(=O)(NCc1nc2cccnc2n1C1CCCCC1)c1ccc(F)cc1. The molecule has 27 heavy (non-hydrogen) atoms. The monoisotopic (exact) mass is 388 g/mol. The minimum atomic E-state index is -3.75. The van der Waals surface area contributed by atoms with E-state index in [4.69, 9.17) is 0 Å². The van der Waals surface area contributed by atoms with Crippen molar-refractivity contribution in [3.05, 3.63) is 54.2 Å². The van der Waals surface area contributed by atoms with E-state index in [1.807, 2.05) is 12.1 Å². The second kappa shape index (κ2) is 7.36. The first kappa shape index (κ1) is 18.1. The molecule has 0 aliphatic heterocycles. The maximum Gasteiger partial charge on any atom is 0.240 e. The summed E-state index contributed by atoms with van der Waals surface area (Å²) in [6, 6.07) is 8.77. The van der Waals surface area contributed by atoms with E-state index < -0.39 is 15.8 Å². The number of nitrogens with one attached hydrogen (secondary N) is 1. The normalized spacial score (nSPS) is 16.0. The van der Waals surface area contributed by atoms with Crippen LogP contribution in [0.25, 0.3) is 11.2 Å². The molecule has 0 unspecified atom stereocenters. The lowest BCUT2D eigenvalue weighted by Gasteiger charge is -2.25. The summed E-state index contributed by atoms with van der Waals surface area (Å²) in [5.41, 5.74) is 1.56. The lowest BCUT2D eigenvalue weighted by atomic mass is 9.95. The van der Waals surface area contributed by atoms with Crippen molar-refractivity contribution in [1.29, 1.82) is 0 Å². The minimum Gasteiger partial charge on any atom is -0.308 e. The van der Waals surface area contributed by atoms with Crippen molar-refractivity contribution in [1.82, 2.24) is 19.3 Å². The van der Waals surface area contributed by atoms with Crippen LogP contribution >= 0.6 is 0 Å². The van der Waals surface area contributed by atoms with Gasteiger partial charge in [-0.1, -0.05) is 19.3 Å². The largest absolute Gasteiger partial charge is 0.308 e. The molecule has 6 nitrogen and oxygen atoms in total. The van der Waals surface area contributed by atoms with Crippen LogP contribution in [-0.2, 0) is 16.6 Å². The van der Waals surface area contributed by atoms with Crippen LogP contribution in [0.2, 0.25) is 0 Å². The van der Waals surface area contributed by atoms with Crippen molar-refractivity contribution < 1.29 is 12.8 Å². The summed E-state index contributed by atoms with van der Waals surface area (Å²) in [6.07, 6.45) is 7.34. The predicted octanol–water partition coefficient (Wildman–Crippen LogP) is 3.55. The Morgan fingerprint density at radius 3 is 2.59 bits per heavy atom. The van der Waals surface area contributed by atoms with Gasteiger partial charge in [0.25, 0.3) is 0 Å². The van der Waals surface area contributed by atoms with Gasteiger partial charge in [0.1, 0.15) is 17.2 Å². The van der Waals surface area contributed by atoms with Gasteiger partial charge in [-0.2, -0.15) is 0 Å². The molecule has 2 heterocycles. The zero-order chi connectivity index (χ0) is 18.9. The van der Waals surface area contributed by atoms with E-state index in [1.54, 1.807) is 6.20 Å². The van der Waals surface area contributed by atoms with Crippen LogP contribution in [0, 0.1) is 5.82 Å². The van der Waals surface area contributed by atoms with Gasteiger partial charge in [0.2, 0.25) is 10.0 Å². The summed E-state index contributed by atoms with van der Waals surface area (Å²) in [5.74, 6) is 0.181. The molecule has 0 saturated heterocycles.